The summed E-state index contributed by atoms with van der Waals surface area (Å²) in [6.07, 6.45) is 0.752. The largest absolute Gasteiger partial charge is 0.468 e. The second-order valence-corrected chi connectivity index (χ2v) is 3.91. The van der Waals surface area contributed by atoms with Crippen LogP contribution in [-0.2, 0) is 22.4 Å². The van der Waals surface area contributed by atoms with E-state index in [1.165, 1.54) is 19.2 Å². The summed E-state index contributed by atoms with van der Waals surface area (Å²) >= 11 is 0. The number of rotatable bonds is 1. The first kappa shape index (κ1) is 10.1. The first-order valence-corrected chi connectivity index (χ1v) is 4.70. The number of carbonyl (C=O) groups is 1. The van der Waals surface area contributed by atoms with Crippen molar-refractivity contribution in [2.75, 3.05) is 7.11 Å². The monoisotopic (exact) mass is 209 g/mol. The minimum atomic E-state index is -1.02. The molecule has 1 aliphatic rings. The average Bonchev–Trinajstić information content (AvgIpc) is 2.53. The Labute approximate surface area is 87.0 Å². The highest BCUT2D eigenvalue weighted by Gasteiger charge is 2.41. The normalized spacial score (nSPS) is 23.7. The summed E-state index contributed by atoms with van der Waals surface area (Å²) in [6, 6.07) is 4.47. The van der Waals surface area contributed by atoms with Gasteiger partial charge in [0.1, 0.15) is 11.4 Å². The molecular weight excluding hydrogens is 197 g/mol. The summed E-state index contributed by atoms with van der Waals surface area (Å²) in [5, 5.41) is 0. The van der Waals surface area contributed by atoms with Crippen LogP contribution >= 0.6 is 0 Å². The van der Waals surface area contributed by atoms with Gasteiger partial charge in [-0.15, -0.1) is 0 Å². The van der Waals surface area contributed by atoms with Crippen molar-refractivity contribution < 1.29 is 13.9 Å². The lowest BCUT2D eigenvalue weighted by molar-refractivity contribution is -0.146. The second-order valence-electron chi connectivity index (χ2n) is 3.91. The fourth-order valence-electron chi connectivity index (χ4n) is 2.02. The van der Waals surface area contributed by atoms with Gasteiger partial charge in [0.25, 0.3) is 0 Å². The van der Waals surface area contributed by atoms with Crippen LogP contribution in [0.4, 0.5) is 4.39 Å². The Kier molecular flexibility index (Phi) is 2.23. The summed E-state index contributed by atoms with van der Waals surface area (Å²) in [7, 11) is 1.31. The van der Waals surface area contributed by atoms with Crippen molar-refractivity contribution in [2.45, 2.75) is 18.4 Å². The van der Waals surface area contributed by atoms with Gasteiger partial charge in [-0.1, -0.05) is 6.07 Å². The molecule has 2 rings (SSSR count). The van der Waals surface area contributed by atoms with Crippen LogP contribution in [0.25, 0.3) is 0 Å². The van der Waals surface area contributed by atoms with Crippen molar-refractivity contribution in [2.24, 2.45) is 5.73 Å². The summed E-state index contributed by atoms with van der Waals surface area (Å²) in [5.74, 6) is -0.748. The molecule has 0 fully saturated rings. The predicted octanol–water partition coefficient (Wildman–Crippen LogP) is 0.795. The standard InChI is InChI=1S/C11H12FNO2/c1-15-10(14)11(13)5-7-2-3-9(12)4-8(7)6-11/h2-4H,5-6,13H2,1H3. The fourth-order valence-corrected chi connectivity index (χ4v) is 2.02. The van der Waals surface area contributed by atoms with Gasteiger partial charge in [0.15, 0.2) is 0 Å². The Balaban J connectivity index is 2.32. The van der Waals surface area contributed by atoms with E-state index in [9.17, 15) is 9.18 Å². The zero-order chi connectivity index (χ0) is 11.1. The maximum atomic E-state index is 12.9. The number of ether oxygens (including phenoxy) is 1. The van der Waals surface area contributed by atoms with E-state index in [-0.39, 0.29) is 5.82 Å². The van der Waals surface area contributed by atoms with Crippen molar-refractivity contribution >= 4 is 5.97 Å². The molecule has 0 aliphatic heterocycles. The third kappa shape index (κ3) is 1.61. The molecule has 3 nitrogen and oxygen atoms in total. The summed E-state index contributed by atoms with van der Waals surface area (Å²) in [4.78, 5) is 11.4. The minimum absolute atomic E-state index is 0.303. The third-order valence-corrected chi connectivity index (χ3v) is 2.77. The van der Waals surface area contributed by atoms with Gasteiger partial charge in [0.2, 0.25) is 0 Å². The van der Waals surface area contributed by atoms with E-state index in [1.807, 2.05) is 0 Å². The van der Waals surface area contributed by atoms with Crippen LogP contribution in [-0.4, -0.2) is 18.6 Å². The van der Waals surface area contributed by atoms with Gasteiger partial charge < -0.3 is 10.5 Å². The third-order valence-electron chi connectivity index (χ3n) is 2.77. The molecule has 1 aliphatic carbocycles. The van der Waals surface area contributed by atoms with Crippen LogP contribution in [0.3, 0.4) is 0 Å². The molecule has 0 radical (unpaired) electrons. The van der Waals surface area contributed by atoms with Crippen LogP contribution in [0, 0.1) is 5.82 Å². The Morgan fingerprint density at radius 2 is 2.13 bits per heavy atom. The molecule has 0 saturated heterocycles. The smallest absolute Gasteiger partial charge is 0.326 e. The van der Waals surface area contributed by atoms with Gasteiger partial charge in [-0.2, -0.15) is 0 Å². The van der Waals surface area contributed by atoms with Crippen molar-refractivity contribution in [1.29, 1.82) is 0 Å². The fraction of sp³-hybridized carbons (Fsp3) is 0.364. The summed E-state index contributed by atoms with van der Waals surface area (Å²) < 4.78 is 17.6. The van der Waals surface area contributed by atoms with E-state index in [0.717, 1.165) is 11.1 Å². The molecule has 0 aromatic heterocycles. The van der Waals surface area contributed by atoms with Gasteiger partial charge in [0, 0.05) is 12.8 Å². The zero-order valence-corrected chi connectivity index (χ0v) is 8.42. The highest BCUT2D eigenvalue weighted by Crippen LogP contribution is 2.29. The molecule has 80 valence electrons. The second kappa shape index (κ2) is 3.31. The van der Waals surface area contributed by atoms with E-state index in [0.29, 0.717) is 12.8 Å². The predicted molar refractivity (Wildman–Crippen MR) is 52.7 cm³/mol. The van der Waals surface area contributed by atoms with E-state index in [1.54, 1.807) is 6.07 Å². The van der Waals surface area contributed by atoms with E-state index in [4.69, 9.17) is 5.73 Å². The first-order chi connectivity index (χ1) is 7.05. The molecule has 0 spiro atoms. The number of fused-ring (bicyclic) bond motifs is 1. The van der Waals surface area contributed by atoms with Crippen LogP contribution in [0.2, 0.25) is 0 Å². The highest BCUT2D eigenvalue weighted by atomic mass is 19.1. The van der Waals surface area contributed by atoms with Crippen LogP contribution in [0.1, 0.15) is 11.1 Å². The van der Waals surface area contributed by atoms with E-state index < -0.39 is 11.5 Å². The first-order valence-electron chi connectivity index (χ1n) is 4.70. The number of halogens is 1. The zero-order valence-electron chi connectivity index (χ0n) is 8.42. The molecular formula is C11H12FNO2. The highest BCUT2D eigenvalue weighted by molar-refractivity contribution is 5.82. The Bertz CT molecular complexity index is 419. The number of methoxy groups -OCH3 is 1. The quantitative estimate of drug-likeness (QED) is 0.696. The van der Waals surface area contributed by atoms with Gasteiger partial charge in [0.05, 0.1) is 7.11 Å². The molecule has 0 saturated carbocycles. The average molecular weight is 209 g/mol. The number of hydrogen-bond donors (Lipinski definition) is 1. The maximum Gasteiger partial charge on any atom is 0.326 e. The molecule has 4 heteroatoms. The lowest BCUT2D eigenvalue weighted by atomic mass is 9.98. The Morgan fingerprint density at radius 1 is 1.47 bits per heavy atom. The van der Waals surface area contributed by atoms with Gasteiger partial charge >= 0.3 is 5.97 Å². The maximum absolute atomic E-state index is 12.9. The number of carbonyl (C=O) groups excluding carboxylic acids is 1. The van der Waals surface area contributed by atoms with E-state index in [2.05, 4.69) is 4.74 Å². The van der Waals surface area contributed by atoms with Gasteiger partial charge in [-0.25, -0.2) is 4.39 Å². The van der Waals surface area contributed by atoms with Gasteiger partial charge in [-0.3, -0.25) is 4.79 Å². The van der Waals surface area contributed by atoms with Crippen molar-refractivity contribution in [3.05, 3.63) is 35.1 Å². The number of benzene rings is 1. The molecule has 2 N–H and O–H groups in total. The van der Waals surface area contributed by atoms with Gasteiger partial charge in [-0.05, 0) is 23.3 Å². The van der Waals surface area contributed by atoms with Crippen LogP contribution < -0.4 is 5.73 Å². The molecule has 1 unspecified atom stereocenters. The lowest BCUT2D eigenvalue weighted by Crippen LogP contribution is -2.49. The molecule has 0 bridgehead atoms. The number of hydrogen-bond acceptors (Lipinski definition) is 3. The van der Waals surface area contributed by atoms with Crippen molar-refractivity contribution in [3.63, 3.8) is 0 Å². The molecule has 0 heterocycles. The molecule has 15 heavy (non-hydrogen) atoms. The van der Waals surface area contributed by atoms with Crippen LogP contribution in [0.5, 0.6) is 0 Å². The molecule has 1 atom stereocenters. The van der Waals surface area contributed by atoms with Crippen LogP contribution in [0.15, 0.2) is 18.2 Å². The Hall–Kier alpha value is -1.42. The number of esters is 1. The van der Waals surface area contributed by atoms with Crippen molar-refractivity contribution in [1.82, 2.24) is 0 Å². The number of nitrogens with two attached hydrogens (primary N) is 1. The molecule has 1 aromatic carbocycles. The Morgan fingerprint density at radius 3 is 2.80 bits per heavy atom. The topological polar surface area (TPSA) is 52.3 Å². The minimum Gasteiger partial charge on any atom is -0.468 e. The van der Waals surface area contributed by atoms with Crippen molar-refractivity contribution in [3.8, 4) is 0 Å². The van der Waals surface area contributed by atoms with E-state index >= 15 is 0 Å². The molecule has 1 aromatic rings. The summed E-state index contributed by atoms with van der Waals surface area (Å²) in [5.41, 5.74) is 6.61. The SMILES string of the molecule is COC(=O)C1(N)Cc2ccc(F)cc2C1. The molecule has 0 amide bonds. The summed E-state index contributed by atoms with van der Waals surface area (Å²) in [6.45, 7) is 0. The lowest BCUT2D eigenvalue weighted by Gasteiger charge is -2.19.